The smallest absolute Gasteiger partial charge is 0.244 e. The van der Waals surface area contributed by atoms with Crippen LogP contribution in [-0.2, 0) is 14.8 Å². The van der Waals surface area contributed by atoms with Gasteiger partial charge in [0.05, 0.1) is 18.0 Å². The molecule has 0 spiro atoms. The minimum absolute atomic E-state index is 0.231. The fraction of sp³-hybridized carbons (Fsp3) is 0.381. The minimum atomic E-state index is -3.75. The molecule has 1 N–H and O–H groups in total. The molecule has 1 amide bonds. The Labute approximate surface area is 166 Å². The number of nitrogens with one attached hydrogen (secondary N) is 1. The van der Waals surface area contributed by atoms with Gasteiger partial charge in [0.1, 0.15) is 11.9 Å². The number of hydrogen-bond acceptors (Lipinski definition) is 3. The maximum atomic E-state index is 13.2. The number of carbonyl (C=O) groups excluding carboxylic acids is 1. The first-order valence-electron chi connectivity index (χ1n) is 9.17. The van der Waals surface area contributed by atoms with Crippen LogP contribution in [0.4, 0.5) is 10.1 Å². The van der Waals surface area contributed by atoms with Gasteiger partial charge >= 0.3 is 0 Å². The van der Waals surface area contributed by atoms with Crippen LogP contribution in [0.5, 0.6) is 0 Å². The van der Waals surface area contributed by atoms with Gasteiger partial charge in [-0.25, -0.2) is 12.8 Å². The van der Waals surface area contributed by atoms with Crippen LogP contribution in [0.25, 0.3) is 0 Å². The van der Waals surface area contributed by atoms with Crippen LogP contribution in [-0.4, -0.2) is 26.6 Å². The van der Waals surface area contributed by atoms with Gasteiger partial charge in [-0.15, -0.1) is 0 Å². The average molecular weight is 407 g/mol. The largest absolute Gasteiger partial charge is 0.347 e. The van der Waals surface area contributed by atoms with Gasteiger partial charge in [-0.05, 0) is 62.6 Å². The Bertz CT molecular complexity index is 943. The van der Waals surface area contributed by atoms with Crippen LogP contribution in [0.15, 0.2) is 42.5 Å². The zero-order valence-corrected chi connectivity index (χ0v) is 17.7. The van der Waals surface area contributed by atoms with Crippen molar-refractivity contribution in [3.8, 4) is 0 Å². The van der Waals surface area contributed by atoms with E-state index in [0.717, 1.165) is 27.3 Å². The van der Waals surface area contributed by atoms with Crippen LogP contribution < -0.4 is 9.62 Å². The summed E-state index contributed by atoms with van der Waals surface area (Å²) in [7, 11) is -3.75. The molecule has 28 heavy (non-hydrogen) atoms. The van der Waals surface area contributed by atoms with E-state index in [2.05, 4.69) is 11.4 Å². The van der Waals surface area contributed by atoms with Crippen molar-refractivity contribution in [1.29, 1.82) is 0 Å². The second-order valence-corrected chi connectivity index (χ2v) is 8.90. The zero-order valence-electron chi connectivity index (χ0n) is 16.9. The highest BCUT2D eigenvalue weighted by molar-refractivity contribution is 7.92. The Kier molecular flexibility index (Phi) is 6.82. The molecule has 0 fully saturated rings. The van der Waals surface area contributed by atoms with Crippen LogP contribution in [0.2, 0.25) is 0 Å². The highest BCUT2D eigenvalue weighted by Gasteiger charge is 2.30. The van der Waals surface area contributed by atoms with E-state index in [-0.39, 0.29) is 11.7 Å². The number of sulfonamides is 1. The molecular formula is C21H27FN2O3S. The van der Waals surface area contributed by atoms with Crippen molar-refractivity contribution in [1.82, 2.24) is 5.32 Å². The first-order valence-corrected chi connectivity index (χ1v) is 11.0. The van der Waals surface area contributed by atoms with E-state index in [9.17, 15) is 17.6 Å². The Morgan fingerprint density at radius 2 is 1.75 bits per heavy atom. The standard InChI is InChI=1S/C21H27FN2O3S/c1-6-20(19-12-7-14(2)13-15(19)3)23-21(25)16(4)24(28(5,26)27)18-10-8-17(22)9-11-18/h7-13,16,20H,6H2,1-5H3,(H,23,25)/t16-,20-/m1/s1. The summed E-state index contributed by atoms with van der Waals surface area (Å²) in [4.78, 5) is 12.9. The number of rotatable bonds is 7. The lowest BCUT2D eigenvalue weighted by Crippen LogP contribution is -2.48. The minimum Gasteiger partial charge on any atom is -0.347 e. The van der Waals surface area contributed by atoms with E-state index in [4.69, 9.17) is 0 Å². The summed E-state index contributed by atoms with van der Waals surface area (Å²) < 4.78 is 38.9. The van der Waals surface area contributed by atoms with Gasteiger partial charge in [0, 0.05) is 0 Å². The SMILES string of the molecule is CC[C@@H](NC(=O)[C@@H](C)N(c1ccc(F)cc1)S(C)(=O)=O)c1ccc(C)cc1C. The number of hydrogen-bond donors (Lipinski definition) is 1. The van der Waals surface area contributed by atoms with Crippen molar-refractivity contribution in [3.05, 3.63) is 65.0 Å². The van der Waals surface area contributed by atoms with Gasteiger partial charge in [-0.1, -0.05) is 30.7 Å². The van der Waals surface area contributed by atoms with Crippen LogP contribution >= 0.6 is 0 Å². The van der Waals surface area contributed by atoms with Crippen molar-refractivity contribution in [2.24, 2.45) is 0 Å². The molecule has 0 aliphatic rings. The predicted molar refractivity (Wildman–Crippen MR) is 110 cm³/mol. The number of anilines is 1. The maximum absolute atomic E-state index is 13.2. The molecule has 0 unspecified atom stereocenters. The van der Waals surface area contributed by atoms with E-state index in [1.54, 1.807) is 0 Å². The summed E-state index contributed by atoms with van der Waals surface area (Å²) in [6.45, 7) is 7.48. The fourth-order valence-electron chi connectivity index (χ4n) is 3.31. The predicted octanol–water partition coefficient (Wildman–Crippen LogP) is 3.86. The first kappa shape index (κ1) is 21.9. The Hall–Kier alpha value is -2.41. The van der Waals surface area contributed by atoms with Crippen LogP contribution in [0.3, 0.4) is 0 Å². The van der Waals surface area contributed by atoms with Crippen molar-refractivity contribution < 1.29 is 17.6 Å². The molecule has 2 atom stereocenters. The van der Waals surface area contributed by atoms with Crippen LogP contribution in [0.1, 0.15) is 43.0 Å². The van der Waals surface area contributed by atoms with Crippen molar-refractivity contribution >= 4 is 21.6 Å². The summed E-state index contributed by atoms with van der Waals surface area (Å²) in [5, 5.41) is 2.96. The molecule has 0 saturated carbocycles. The Balaban J connectivity index is 2.30. The molecule has 2 rings (SSSR count). The van der Waals surface area contributed by atoms with E-state index < -0.39 is 27.8 Å². The molecule has 5 nitrogen and oxygen atoms in total. The second kappa shape index (κ2) is 8.73. The van der Waals surface area contributed by atoms with E-state index >= 15 is 0 Å². The second-order valence-electron chi connectivity index (χ2n) is 7.04. The number of nitrogens with zero attached hydrogens (tertiary/aromatic N) is 1. The van der Waals surface area contributed by atoms with Gasteiger partial charge < -0.3 is 5.32 Å². The van der Waals surface area contributed by atoms with E-state index in [1.165, 1.54) is 31.2 Å². The third kappa shape index (κ3) is 5.10. The first-order chi connectivity index (χ1) is 13.0. The molecule has 0 aliphatic carbocycles. The summed E-state index contributed by atoms with van der Waals surface area (Å²) in [5.74, 6) is -0.892. The van der Waals surface area contributed by atoms with Gasteiger partial charge in [0.25, 0.3) is 0 Å². The van der Waals surface area contributed by atoms with Crippen LogP contribution in [0, 0.1) is 19.7 Å². The Morgan fingerprint density at radius 3 is 2.25 bits per heavy atom. The number of benzene rings is 2. The van der Waals surface area contributed by atoms with Gasteiger partial charge in [-0.2, -0.15) is 0 Å². The lowest BCUT2D eigenvalue weighted by atomic mass is 9.97. The zero-order chi connectivity index (χ0) is 21.1. The summed E-state index contributed by atoms with van der Waals surface area (Å²) in [5.41, 5.74) is 3.45. The Morgan fingerprint density at radius 1 is 1.14 bits per heavy atom. The molecule has 0 aromatic heterocycles. The van der Waals surface area contributed by atoms with E-state index in [0.29, 0.717) is 6.42 Å². The van der Waals surface area contributed by atoms with E-state index in [1.807, 2.05) is 32.9 Å². The molecule has 0 aliphatic heterocycles. The fourth-order valence-corrected chi connectivity index (χ4v) is 4.48. The van der Waals surface area contributed by atoms with Crippen molar-refractivity contribution in [2.75, 3.05) is 10.6 Å². The van der Waals surface area contributed by atoms with Crippen molar-refractivity contribution in [3.63, 3.8) is 0 Å². The molecule has 152 valence electrons. The molecule has 0 heterocycles. The van der Waals surface area contributed by atoms with Gasteiger partial charge in [-0.3, -0.25) is 9.10 Å². The molecule has 0 radical (unpaired) electrons. The lowest BCUT2D eigenvalue weighted by molar-refractivity contribution is -0.122. The maximum Gasteiger partial charge on any atom is 0.244 e. The lowest BCUT2D eigenvalue weighted by Gasteiger charge is -2.30. The third-order valence-electron chi connectivity index (χ3n) is 4.70. The summed E-state index contributed by atoms with van der Waals surface area (Å²) >= 11 is 0. The molecule has 0 saturated heterocycles. The average Bonchev–Trinajstić information content (AvgIpc) is 2.60. The highest BCUT2D eigenvalue weighted by atomic mass is 32.2. The monoisotopic (exact) mass is 406 g/mol. The molecule has 7 heteroatoms. The molecule has 2 aromatic rings. The topological polar surface area (TPSA) is 66.5 Å². The number of halogens is 1. The highest BCUT2D eigenvalue weighted by Crippen LogP contribution is 2.24. The summed E-state index contributed by atoms with van der Waals surface area (Å²) in [6, 6.07) is 9.84. The summed E-state index contributed by atoms with van der Waals surface area (Å²) in [6.07, 6.45) is 1.69. The van der Waals surface area contributed by atoms with Gasteiger partial charge in [0.2, 0.25) is 15.9 Å². The molecular weight excluding hydrogens is 379 g/mol. The molecule has 0 bridgehead atoms. The normalized spacial score (nSPS) is 13.6. The number of carbonyl (C=O) groups is 1. The third-order valence-corrected chi connectivity index (χ3v) is 5.94. The molecule has 2 aromatic carbocycles. The number of aryl methyl sites for hydroxylation is 2. The quantitative estimate of drug-likeness (QED) is 0.759. The van der Waals surface area contributed by atoms with Gasteiger partial charge in [0.15, 0.2) is 0 Å². The number of amides is 1. The van der Waals surface area contributed by atoms with Crippen molar-refractivity contribution in [2.45, 2.75) is 46.2 Å².